The van der Waals surface area contributed by atoms with Crippen LogP contribution in [0.2, 0.25) is 0 Å². The van der Waals surface area contributed by atoms with E-state index in [0.29, 0.717) is 5.75 Å². The smallest absolute Gasteiger partial charge is 0.233 e. The molecule has 0 unspecified atom stereocenters. The van der Waals surface area contributed by atoms with Crippen LogP contribution < -0.4 is 5.32 Å². The molecule has 1 aliphatic rings. The van der Waals surface area contributed by atoms with Gasteiger partial charge in [0, 0.05) is 13.1 Å². The first kappa shape index (κ1) is 13.4. The summed E-state index contributed by atoms with van der Waals surface area (Å²) < 4.78 is 0. The van der Waals surface area contributed by atoms with E-state index in [0.717, 1.165) is 19.6 Å². The van der Waals surface area contributed by atoms with E-state index in [2.05, 4.69) is 43.4 Å². The minimum Gasteiger partial charge on any atom is -0.325 e. The first-order valence-corrected chi connectivity index (χ1v) is 7.45. The molecule has 0 bridgehead atoms. The number of hydrogen-bond acceptors (Lipinski definition) is 3. The van der Waals surface area contributed by atoms with Gasteiger partial charge in [-0.3, -0.25) is 4.79 Å². The summed E-state index contributed by atoms with van der Waals surface area (Å²) in [6.07, 6.45) is 0. The summed E-state index contributed by atoms with van der Waals surface area (Å²) in [5, 5.41) is 3.47. The van der Waals surface area contributed by atoms with E-state index in [1.54, 1.807) is 11.8 Å². The number of thioether (sulfide) groups is 1. The molecule has 0 saturated carbocycles. The Hall–Kier alpha value is -1.00. The van der Waals surface area contributed by atoms with Crippen LogP contribution in [0.25, 0.3) is 0 Å². The van der Waals surface area contributed by atoms with Gasteiger partial charge in [0.25, 0.3) is 0 Å². The van der Waals surface area contributed by atoms with E-state index in [-0.39, 0.29) is 11.3 Å². The monoisotopic (exact) mass is 264 g/mol. The van der Waals surface area contributed by atoms with E-state index in [1.807, 2.05) is 4.90 Å². The molecule has 1 atom stereocenters. The van der Waals surface area contributed by atoms with Crippen LogP contribution >= 0.6 is 11.8 Å². The third-order valence-corrected chi connectivity index (χ3v) is 4.33. The number of nitrogens with zero attached hydrogens (tertiary/aromatic N) is 1. The molecule has 0 aliphatic carbocycles. The number of hydrogen-bond donors (Lipinski definition) is 1. The summed E-state index contributed by atoms with van der Waals surface area (Å²) in [5.74, 6) is 0.856. The highest BCUT2D eigenvalue weighted by Gasteiger charge is 2.32. The Morgan fingerprint density at radius 2 is 2.33 bits per heavy atom. The van der Waals surface area contributed by atoms with Gasteiger partial charge >= 0.3 is 0 Å². The van der Waals surface area contributed by atoms with E-state index in [4.69, 9.17) is 0 Å². The van der Waals surface area contributed by atoms with Crippen molar-refractivity contribution < 1.29 is 4.79 Å². The van der Waals surface area contributed by atoms with E-state index < -0.39 is 0 Å². The van der Waals surface area contributed by atoms with Gasteiger partial charge in [-0.25, -0.2) is 0 Å². The van der Waals surface area contributed by atoms with Gasteiger partial charge in [0.1, 0.15) is 5.37 Å². The lowest BCUT2D eigenvalue weighted by atomic mass is 10.1. The number of carbonyl (C=O) groups excluding carboxylic acids is 1. The minimum atomic E-state index is 0.191. The molecule has 4 heteroatoms. The Bertz CT molecular complexity index is 422. The van der Waals surface area contributed by atoms with E-state index >= 15 is 0 Å². The molecule has 1 saturated heterocycles. The summed E-state index contributed by atoms with van der Waals surface area (Å²) in [6, 6.07) is 8.45. The zero-order valence-corrected chi connectivity index (χ0v) is 11.8. The molecule has 0 radical (unpaired) electrons. The van der Waals surface area contributed by atoms with Crippen molar-refractivity contribution >= 4 is 17.7 Å². The Balaban J connectivity index is 2.08. The fourth-order valence-corrected chi connectivity index (χ4v) is 3.38. The molecule has 18 heavy (non-hydrogen) atoms. The predicted octanol–water partition coefficient (Wildman–Crippen LogP) is 2.18. The van der Waals surface area contributed by atoms with Crippen LogP contribution in [0.1, 0.15) is 23.4 Å². The first-order chi connectivity index (χ1) is 8.72. The number of carbonyl (C=O) groups is 1. The third kappa shape index (κ3) is 3.06. The van der Waals surface area contributed by atoms with Gasteiger partial charge in [0.2, 0.25) is 5.91 Å². The van der Waals surface area contributed by atoms with Gasteiger partial charge < -0.3 is 10.2 Å². The second-order valence-electron chi connectivity index (χ2n) is 4.52. The van der Waals surface area contributed by atoms with E-state index in [1.165, 1.54) is 11.1 Å². The molecule has 98 valence electrons. The molecule has 1 aromatic rings. The topological polar surface area (TPSA) is 32.3 Å². The highest BCUT2D eigenvalue weighted by atomic mass is 32.2. The maximum Gasteiger partial charge on any atom is 0.233 e. The van der Waals surface area contributed by atoms with Gasteiger partial charge in [0.15, 0.2) is 0 Å². The van der Waals surface area contributed by atoms with Crippen LogP contribution in [0.3, 0.4) is 0 Å². The summed E-state index contributed by atoms with van der Waals surface area (Å²) in [7, 11) is 0. The highest BCUT2D eigenvalue weighted by molar-refractivity contribution is 8.00. The number of aryl methyl sites for hydroxylation is 1. The molecular formula is C14H20N2OS. The van der Waals surface area contributed by atoms with Crippen LogP contribution in [-0.4, -0.2) is 36.2 Å². The van der Waals surface area contributed by atoms with Crippen molar-refractivity contribution in [1.82, 2.24) is 10.2 Å². The Kier molecular flexibility index (Phi) is 4.66. The molecule has 0 spiro atoms. The largest absolute Gasteiger partial charge is 0.325 e. The quantitative estimate of drug-likeness (QED) is 0.827. The average molecular weight is 264 g/mol. The van der Waals surface area contributed by atoms with Gasteiger partial charge in [-0.15, -0.1) is 11.8 Å². The van der Waals surface area contributed by atoms with Crippen LogP contribution in [0.4, 0.5) is 0 Å². The van der Waals surface area contributed by atoms with E-state index in [9.17, 15) is 4.79 Å². The van der Waals surface area contributed by atoms with Crippen molar-refractivity contribution in [2.75, 3.05) is 25.4 Å². The number of nitrogens with one attached hydrogen (secondary N) is 1. The molecule has 1 N–H and O–H groups in total. The van der Waals surface area contributed by atoms with Gasteiger partial charge in [-0.1, -0.05) is 36.8 Å². The maximum absolute atomic E-state index is 11.9. The number of likely N-dealkylation sites (N-methyl/N-ethyl adjacent to an activating group) is 1. The molecule has 1 amide bonds. The summed E-state index contributed by atoms with van der Waals surface area (Å²) in [4.78, 5) is 13.9. The fourth-order valence-electron chi connectivity index (χ4n) is 2.17. The van der Waals surface area contributed by atoms with Crippen molar-refractivity contribution in [2.24, 2.45) is 0 Å². The number of benzene rings is 1. The first-order valence-electron chi connectivity index (χ1n) is 6.40. The molecule has 1 aromatic carbocycles. The van der Waals surface area contributed by atoms with Crippen LogP contribution in [0, 0.1) is 6.92 Å². The summed E-state index contributed by atoms with van der Waals surface area (Å²) in [6.45, 7) is 6.78. The molecule has 2 rings (SSSR count). The molecular weight excluding hydrogens is 244 g/mol. The molecule has 1 aliphatic heterocycles. The van der Waals surface area contributed by atoms with Crippen LogP contribution in [0.15, 0.2) is 24.3 Å². The molecule has 1 fully saturated rings. The number of rotatable bonds is 5. The zero-order chi connectivity index (χ0) is 13.0. The van der Waals surface area contributed by atoms with Gasteiger partial charge in [0.05, 0.1) is 5.75 Å². The third-order valence-electron chi connectivity index (χ3n) is 3.07. The van der Waals surface area contributed by atoms with Crippen molar-refractivity contribution in [3.05, 3.63) is 35.4 Å². The Labute approximate surface area is 113 Å². The van der Waals surface area contributed by atoms with Crippen LogP contribution in [0.5, 0.6) is 0 Å². The molecule has 1 heterocycles. The second kappa shape index (κ2) is 6.25. The van der Waals surface area contributed by atoms with Crippen molar-refractivity contribution in [2.45, 2.75) is 19.2 Å². The van der Waals surface area contributed by atoms with Gasteiger partial charge in [-0.05, 0) is 19.0 Å². The standard InChI is InChI=1S/C14H20N2OS/c1-3-15-7-8-16-13(17)10-18-14(16)12-6-4-5-11(2)9-12/h4-6,9,14-15H,3,7-8,10H2,1-2H3/t14-/m1/s1. The van der Waals surface area contributed by atoms with Crippen molar-refractivity contribution in [1.29, 1.82) is 0 Å². The predicted molar refractivity (Wildman–Crippen MR) is 76.6 cm³/mol. The maximum atomic E-state index is 11.9. The van der Waals surface area contributed by atoms with Crippen molar-refractivity contribution in [3.8, 4) is 0 Å². The normalized spacial score (nSPS) is 19.6. The SMILES string of the molecule is CCNCCN1C(=O)CS[C@@H]1c1cccc(C)c1. The number of amides is 1. The lowest BCUT2D eigenvalue weighted by Crippen LogP contribution is -2.35. The fraction of sp³-hybridized carbons (Fsp3) is 0.500. The minimum absolute atomic E-state index is 0.191. The lowest BCUT2D eigenvalue weighted by Gasteiger charge is -2.24. The van der Waals surface area contributed by atoms with Crippen molar-refractivity contribution in [3.63, 3.8) is 0 Å². The summed E-state index contributed by atoms with van der Waals surface area (Å²) >= 11 is 1.73. The second-order valence-corrected chi connectivity index (χ2v) is 5.59. The zero-order valence-electron chi connectivity index (χ0n) is 11.0. The molecule has 3 nitrogen and oxygen atoms in total. The van der Waals surface area contributed by atoms with Crippen LogP contribution in [-0.2, 0) is 4.79 Å². The molecule has 0 aromatic heterocycles. The lowest BCUT2D eigenvalue weighted by molar-refractivity contribution is -0.128. The average Bonchev–Trinajstić information content (AvgIpc) is 2.72. The van der Waals surface area contributed by atoms with Gasteiger partial charge in [-0.2, -0.15) is 0 Å². The summed E-state index contributed by atoms with van der Waals surface area (Å²) in [5.41, 5.74) is 2.49. The highest BCUT2D eigenvalue weighted by Crippen LogP contribution is 2.38. The Morgan fingerprint density at radius 3 is 3.06 bits per heavy atom. The Morgan fingerprint density at radius 1 is 1.50 bits per heavy atom.